The number of aliphatic carboxylic acids is 1. The van der Waals surface area contributed by atoms with Crippen molar-refractivity contribution in [3.63, 3.8) is 0 Å². The summed E-state index contributed by atoms with van der Waals surface area (Å²) >= 11 is 0. The summed E-state index contributed by atoms with van der Waals surface area (Å²) in [4.78, 5) is 10.3. The van der Waals surface area contributed by atoms with Gasteiger partial charge in [-0.05, 0) is 25.8 Å². The van der Waals surface area contributed by atoms with Crippen LogP contribution in [0.3, 0.4) is 0 Å². The Balaban J connectivity index is 1.91. The Bertz CT molecular complexity index is 530. The van der Waals surface area contributed by atoms with Gasteiger partial charge in [-0.15, -0.1) is 10.2 Å². The van der Waals surface area contributed by atoms with Gasteiger partial charge in [0.2, 0.25) is 5.89 Å². The Labute approximate surface area is 104 Å². The van der Waals surface area contributed by atoms with Crippen LogP contribution in [0.1, 0.15) is 30.9 Å². The van der Waals surface area contributed by atoms with Crippen molar-refractivity contribution in [3.8, 4) is 11.5 Å². The van der Waals surface area contributed by atoms with Crippen molar-refractivity contribution in [2.75, 3.05) is 0 Å². The number of carboxylic acid groups (broad SMARTS) is 1. The molecule has 0 aliphatic heterocycles. The van der Waals surface area contributed by atoms with Crippen molar-refractivity contribution in [1.29, 1.82) is 0 Å². The van der Waals surface area contributed by atoms with E-state index in [1.807, 2.05) is 6.92 Å². The first-order chi connectivity index (χ1) is 8.66. The molecular weight excluding hydrogens is 236 g/mol. The Hall–Kier alpha value is -2.11. The molecule has 0 bridgehead atoms. The highest BCUT2D eigenvalue weighted by Crippen LogP contribution is 2.23. The maximum atomic E-state index is 10.3. The van der Waals surface area contributed by atoms with Crippen LogP contribution in [0.15, 0.2) is 21.2 Å². The summed E-state index contributed by atoms with van der Waals surface area (Å²) < 4.78 is 10.6. The van der Waals surface area contributed by atoms with E-state index in [0.29, 0.717) is 24.6 Å². The van der Waals surface area contributed by atoms with Gasteiger partial charge < -0.3 is 13.9 Å². The van der Waals surface area contributed by atoms with Gasteiger partial charge in [-0.1, -0.05) is 0 Å². The fourth-order valence-electron chi connectivity index (χ4n) is 1.62. The van der Waals surface area contributed by atoms with Gasteiger partial charge in [0.05, 0.1) is 11.8 Å². The number of nitrogens with zero attached hydrogens (tertiary/aromatic N) is 2. The quantitative estimate of drug-likeness (QED) is 0.792. The van der Waals surface area contributed by atoms with Crippen molar-refractivity contribution in [2.24, 2.45) is 0 Å². The maximum Gasteiger partial charge on any atom is 0.303 e. The summed E-state index contributed by atoms with van der Waals surface area (Å²) in [7, 11) is 0. The lowest BCUT2D eigenvalue weighted by Crippen LogP contribution is -1.95. The summed E-state index contributed by atoms with van der Waals surface area (Å²) in [6.07, 6.45) is 3.66. The van der Waals surface area contributed by atoms with Crippen molar-refractivity contribution in [2.45, 2.75) is 32.6 Å². The molecule has 2 aromatic heterocycles. The van der Waals surface area contributed by atoms with Crippen LogP contribution in [0.25, 0.3) is 11.5 Å². The maximum absolute atomic E-state index is 10.3. The first kappa shape index (κ1) is 12.3. The zero-order valence-corrected chi connectivity index (χ0v) is 10.0. The minimum absolute atomic E-state index is 0.168. The molecule has 18 heavy (non-hydrogen) atoms. The minimum atomic E-state index is -0.782. The second kappa shape index (κ2) is 5.48. The number of unbranched alkanes of at least 4 members (excludes halogenated alkanes) is 1. The molecule has 0 saturated heterocycles. The Kier molecular flexibility index (Phi) is 3.76. The predicted molar refractivity (Wildman–Crippen MR) is 61.9 cm³/mol. The number of rotatable bonds is 6. The van der Waals surface area contributed by atoms with Crippen LogP contribution in [-0.4, -0.2) is 21.3 Å². The molecule has 1 N–H and O–H groups in total. The highest BCUT2D eigenvalue weighted by atomic mass is 16.4. The van der Waals surface area contributed by atoms with E-state index < -0.39 is 5.97 Å². The summed E-state index contributed by atoms with van der Waals surface area (Å²) in [5, 5.41) is 16.4. The third-order valence-corrected chi connectivity index (χ3v) is 2.59. The van der Waals surface area contributed by atoms with Gasteiger partial charge in [-0.3, -0.25) is 4.79 Å². The molecule has 2 aromatic rings. The average Bonchev–Trinajstić information content (AvgIpc) is 2.92. The van der Waals surface area contributed by atoms with Crippen molar-refractivity contribution >= 4 is 5.97 Å². The standard InChI is InChI=1S/C12H14N2O4/c1-8-9(6-7-17-8)12-14-13-10(18-12)4-2-3-5-11(15)16/h6-7H,2-5H2,1H3,(H,15,16). The van der Waals surface area contributed by atoms with Gasteiger partial charge in [0.1, 0.15) is 5.76 Å². The molecule has 0 atom stereocenters. The molecule has 0 saturated carbocycles. The molecular formula is C12H14N2O4. The molecule has 0 unspecified atom stereocenters. The summed E-state index contributed by atoms with van der Waals surface area (Å²) in [5.74, 6) is 0.914. The van der Waals surface area contributed by atoms with E-state index in [1.165, 1.54) is 0 Å². The number of hydrogen-bond acceptors (Lipinski definition) is 5. The van der Waals surface area contributed by atoms with Gasteiger partial charge in [0.15, 0.2) is 0 Å². The van der Waals surface area contributed by atoms with Crippen molar-refractivity contribution in [1.82, 2.24) is 10.2 Å². The van der Waals surface area contributed by atoms with Crippen LogP contribution in [0.5, 0.6) is 0 Å². The number of carbonyl (C=O) groups is 1. The third kappa shape index (κ3) is 2.97. The monoisotopic (exact) mass is 250 g/mol. The lowest BCUT2D eigenvalue weighted by atomic mass is 10.2. The Morgan fingerprint density at radius 1 is 1.39 bits per heavy atom. The van der Waals surface area contributed by atoms with Gasteiger partial charge in [-0.2, -0.15) is 0 Å². The molecule has 6 nitrogen and oxygen atoms in total. The Morgan fingerprint density at radius 2 is 2.22 bits per heavy atom. The first-order valence-corrected chi connectivity index (χ1v) is 5.75. The fraction of sp³-hybridized carbons (Fsp3) is 0.417. The van der Waals surface area contributed by atoms with Crippen LogP contribution >= 0.6 is 0 Å². The van der Waals surface area contributed by atoms with E-state index >= 15 is 0 Å². The second-order valence-electron chi connectivity index (χ2n) is 3.99. The van der Waals surface area contributed by atoms with Crippen molar-refractivity contribution < 1.29 is 18.7 Å². The molecule has 0 fully saturated rings. The highest BCUT2D eigenvalue weighted by molar-refractivity contribution is 5.66. The molecule has 6 heteroatoms. The number of aryl methyl sites for hydroxylation is 2. The molecule has 0 spiro atoms. The summed E-state index contributed by atoms with van der Waals surface area (Å²) in [6.45, 7) is 1.83. The average molecular weight is 250 g/mol. The van der Waals surface area contributed by atoms with Gasteiger partial charge in [0.25, 0.3) is 5.89 Å². The summed E-state index contributed by atoms with van der Waals surface area (Å²) in [5.41, 5.74) is 0.791. The molecule has 2 heterocycles. The first-order valence-electron chi connectivity index (χ1n) is 5.75. The van der Waals surface area contributed by atoms with E-state index in [9.17, 15) is 4.79 Å². The van der Waals surface area contributed by atoms with Gasteiger partial charge in [-0.25, -0.2) is 0 Å². The van der Waals surface area contributed by atoms with E-state index in [2.05, 4.69) is 10.2 Å². The van der Waals surface area contributed by atoms with Gasteiger partial charge in [0, 0.05) is 12.8 Å². The second-order valence-corrected chi connectivity index (χ2v) is 3.99. The smallest absolute Gasteiger partial charge is 0.303 e. The number of hydrogen-bond donors (Lipinski definition) is 1. The van der Waals surface area contributed by atoms with Crippen molar-refractivity contribution in [3.05, 3.63) is 24.0 Å². The summed E-state index contributed by atoms with van der Waals surface area (Å²) in [6, 6.07) is 1.77. The predicted octanol–water partition coefficient (Wildman–Crippen LogP) is 2.44. The molecule has 0 radical (unpaired) electrons. The normalized spacial score (nSPS) is 10.7. The molecule has 0 aromatic carbocycles. The SMILES string of the molecule is Cc1occc1-c1nnc(CCCCC(=O)O)o1. The molecule has 0 aliphatic carbocycles. The highest BCUT2D eigenvalue weighted by Gasteiger charge is 2.12. The minimum Gasteiger partial charge on any atom is -0.481 e. The van der Waals surface area contributed by atoms with Crippen LogP contribution < -0.4 is 0 Å². The molecule has 96 valence electrons. The molecule has 2 rings (SSSR count). The van der Waals surface area contributed by atoms with E-state index in [0.717, 1.165) is 17.7 Å². The van der Waals surface area contributed by atoms with Crippen LogP contribution in [-0.2, 0) is 11.2 Å². The number of furan rings is 1. The Morgan fingerprint density at radius 3 is 2.89 bits per heavy atom. The lowest BCUT2D eigenvalue weighted by Gasteiger charge is -1.94. The van der Waals surface area contributed by atoms with E-state index in [4.69, 9.17) is 13.9 Å². The van der Waals surface area contributed by atoms with E-state index in [-0.39, 0.29) is 6.42 Å². The molecule has 0 amide bonds. The van der Waals surface area contributed by atoms with Gasteiger partial charge >= 0.3 is 5.97 Å². The van der Waals surface area contributed by atoms with Crippen LogP contribution in [0, 0.1) is 6.92 Å². The largest absolute Gasteiger partial charge is 0.481 e. The zero-order valence-electron chi connectivity index (χ0n) is 10.0. The number of carboxylic acids is 1. The van der Waals surface area contributed by atoms with Crippen LogP contribution in [0.2, 0.25) is 0 Å². The molecule has 0 aliphatic rings. The lowest BCUT2D eigenvalue weighted by molar-refractivity contribution is -0.137. The van der Waals surface area contributed by atoms with E-state index in [1.54, 1.807) is 12.3 Å². The van der Waals surface area contributed by atoms with Crippen LogP contribution in [0.4, 0.5) is 0 Å². The third-order valence-electron chi connectivity index (χ3n) is 2.59. The zero-order chi connectivity index (χ0) is 13.0. The topological polar surface area (TPSA) is 89.4 Å². The number of aromatic nitrogens is 2. The fourth-order valence-corrected chi connectivity index (χ4v) is 1.62.